The lowest BCUT2D eigenvalue weighted by Crippen LogP contribution is -2.28. The van der Waals surface area contributed by atoms with E-state index in [0.29, 0.717) is 11.3 Å². The van der Waals surface area contributed by atoms with Gasteiger partial charge in [0, 0.05) is 5.70 Å². The number of benzene rings is 1. The van der Waals surface area contributed by atoms with E-state index in [1.165, 1.54) is 7.11 Å². The molecule has 0 aliphatic heterocycles. The van der Waals surface area contributed by atoms with Crippen LogP contribution >= 0.6 is 0 Å². The zero-order chi connectivity index (χ0) is 13.5. The van der Waals surface area contributed by atoms with Gasteiger partial charge < -0.3 is 15.2 Å². The van der Waals surface area contributed by atoms with Crippen molar-refractivity contribution in [2.75, 3.05) is 7.11 Å². The van der Waals surface area contributed by atoms with E-state index in [1.807, 2.05) is 0 Å². The van der Waals surface area contributed by atoms with Crippen molar-refractivity contribution in [3.05, 3.63) is 48.2 Å². The van der Waals surface area contributed by atoms with E-state index in [0.717, 1.165) is 0 Å². The van der Waals surface area contributed by atoms with Gasteiger partial charge in [0.2, 0.25) is 0 Å². The van der Waals surface area contributed by atoms with Crippen molar-refractivity contribution in [1.29, 1.82) is 0 Å². The van der Waals surface area contributed by atoms with Gasteiger partial charge in [-0.3, -0.25) is 4.79 Å². The molecule has 1 aromatic rings. The fraction of sp³-hybridized carbons (Fsp3) is 0.231. The molecule has 0 heterocycles. The molecular weight excluding hydrogens is 234 g/mol. The molecule has 5 nitrogen and oxygen atoms in total. The monoisotopic (exact) mass is 249 g/mol. The quantitative estimate of drug-likeness (QED) is 0.747. The first-order valence-electron chi connectivity index (χ1n) is 5.33. The van der Waals surface area contributed by atoms with Gasteiger partial charge >= 0.3 is 11.9 Å². The minimum absolute atomic E-state index is 0.0624. The fourth-order valence-corrected chi connectivity index (χ4v) is 1.43. The minimum atomic E-state index is -1.03. The van der Waals surface area contributed by atoms with Crippen LogP contribution in [-0.2, 0) is 14.3 Å². The third kappa shape index (κ3) is 3.93. The Morgan fingerprint density at radius 2 is 2.00 bits per heavy atom. The Labute approximate surface area is 105 Å². The van der Waals surface area contributed by atoms with Crippen LogP contribution in [0.25, 0.3) is 0 Å². The molecule has 18 heavy (non-hydrogen) atoms. The van der Waals surface area contributed by atoms with E-state index >= 15 is 0 Å². The van der Waals surface area contributed by atoms with Crippen molar-refractivity contribution in [1.82, 2.24) is 5.32 Å². The SMILES string of the molecule is C=C(CC(=O)OC)NC(C(=O)O)c1ccccc1. The molecule has 0 amide bonds. The number of carbonyl (C=O) groups is 2. The summed E-state index contributed by atoms with van der Waals surface area (Å²) in [4.78, 5) is 22.2. The highest BCUT2D eigenvalue weighted by atomic mass is 16.5. The van der Waals surface area contributed by atoms with E-state index in [1.54, 1.807) is 30.3 Å². The first kappa shape index (κ1) is 13.8. The van der Waals surface area contributed by atoms with Crippen LogP contribution in [0.15, 0.2) is 42.6 Å². The summed E-state index contributed by atoms with van der Waals surface area (Å²) in [6.07, 6.45) is -0.0624. The standard InChI is InChI=1S/C13H15NO4/c1-9(8-11(15)18-2)14-12(13(16)17)10-6-4-3-5-7-10/h3-7,12,14H,1,8H2,2H3,(H,16,17). The molecule has 0 aliphatic carbocycles. The molecule has 0 fully saturated rings. The van der Waals surface area contributed by atoms with Crippen LogP contribution in [0.1, 0.15) is 18.0 Å². The molecule has 5 heteroatoms. The molecule has 1 rings (SSSR count). The Balaban J connectivity index is 2.74. The number of hydrogen-bond donors (Lipinski definition) is 2. The predicted molar refractivity (Wildman–Crippen MR) is 65.7 cm³/mol. The van der Waals surface area contributed by atoms with Crippen LogP contribution in [0.5, 0.6) is 0 Å². The Morgan fingerprint density at radius 3 is 2.50 bits per heavy atom. The maximum Gasteiger partial charge on any atom is 0.330 e. The number of hydrogen-bond acceptors (Lipinski definition) is 4. The van der Waals surface area contributed by atoms with Gasteiger partial charge in [0.1, 0.15) is 6.04 Å². The lowest BCUT2D eigenvalue weighted by Gasteiger charge is -2.17. The molecule has 0 radical (unpaired) electrons. The van der Waals surface area contributed by atoms with Gasteiger partial charge in [-0.2, -0.15) is 0 Å². The van der Waals surface area contributed by atoms with E-state index in [-0.39, 0.29) is 6.42 Å². The number of carboxylic acid groups (broad SMARTS) is 1. The van der Waals surface area contributed by atoms with E-state index in [2.05, 4.69) is 16.6 Å². The summed E-state index contributed by atoms with van der Waals surface area (Å²) >= 11 is 0. The Morgan fingerprint density at radius 1 is 1.39 bits per heavy atom. The second-order valence-corrected chi connectivity index (χ2v) is 3.68. The van der Waals surface area contributed by atoms with Gasteiger partial charge in [-0.1, -0.05) is 36.9 Å². The highest BCUT2D eigenvalue weighted by Crippen LogP contribution is 2.15. The smallest absolute Gasteiger partial charge is 0.330 e. The van der Waals surface area contributed by atoms with Crippen molar-refractivity contribution in [2.45, 2.75) is 12.5 Å². The number of nitrogens with one attached hydrogen (secondary N) is 1. The molecule has 0 saturated carbocycles. The van der Waals surface area contributed by atoms with Crippen molar-refractivity contribution in [2.24, 2.45) is 0 Å². The van der Waals surface area contributed by atoms with Crippen LogP contribution < -0.4 is 5.32 Å². The number of ether oxygens (including phenoxy) is 1. The molecule has 1 aromatic carbocycles. The third-order valence-electron chi connectivity index (χ3n) is 2.31. The Hall–Kier alpha value is -2.30. The second-order valence-electron chi connectivity index (χ2n) is 3.68. The molecule has 0 aliphatic rings. The molecule has 1 unspecified atom stereocenters. The molecule has 96 valence electrons. The molecule has 0 spiro atoms. The molecule has 1 atom stereocenters. The molecule has 0 saturated heterocycles. The van der Waals surface area contributed by atoms with Gasteiger partial charge in [0.05, 0.1) is 13.5 Å². The van der Waals surface area contributed by atoms with E-state index in [9.17, 15) is 9.59 Å². The van der Waals surface area contributed by atoms with Crippen molar-refractivity contribution in [3.8, 4) is 0 Å². The average Bonchev–Trinajstić information content (AvgIpc) is 2.36. The number of carboxylic acids is 1. The van der Waals surface area contributed by atoms with Gasteiger partial charge in [-0.05, 0) is 5.56 Å². The maximum absolute atomic E-state index is 11.2. The summed E-state index contributed by atoms with van der Waals surface area (Å²) in [5.74, 6) is -1.50. The number of rotatable bonds is 6. The minimum Gasteiger partial charge on any atom is -0.479 e. The van der Waals surface area contributed by atoms with Gasteiger partial charge in [-0.15, -0.1) is 0 Å². The first-order chi connectivity index (χ1) is 8.54. The van der Waals surface area contributed by atoms with E-state index < -0.39 is 18.0 Å². The largest absolute Gasteiger partial charge is 0.479 e. The lowest BCUT2D eigenvalue weighted by molar-refractivity contribution is -0.141. The zero-order valence-corrected chi connectivity index (χ0v) is 10.1. The average molecular weight is 249 g/mol. The molecule has 0 bridgehead atoms. The van der Waals surface area contributed by atoms with Gasteiger partial charge in [-0.25, -0.2) is 4.79 Å². The summed E-state index contributed by atoms with van der Waals surface area (Å²) in [6, 6.07) is 7.75. The highest BCUT2D eigenvalue weighted by Gasteiger charge is 2.20. The van der Waals surface area contributed by atoms with Crippen molar-refractivity contribution >= 4 is 11.9 Å². The summed E-state index contributed by atoms with van der Waals surface area (Å²) < 4.78 is 4.48. The van der Waals surface area contributed by atoms with E-state index in [4.69, 9.17) is 5.11 Å². The van der Waals surface area contributed by atoms with Crippen LogP contribution in [0.3, 0.4) is 0 Å². The Kier molecular flexibility index (Phi) is 4.92. The summed E-state index contributed by atoms with van der Waals surface area (Å²) in [6.45, 7) is 3.62. The number of carbonyl (C=O) groups excluding carboxylic acids is 1. The second kappa shape index (κ2) is 6.44. The van der Waals surface area contributed by atoms with Crippen LogP contribution in [-0.4, -0.2) is 24.2 Å². The summed E-state index contributed by atoms with van der Waals surface area (Å²) in [7, 11) is 1.27. The van der Waals surface area contributed by atoms with Gasteiger partial charge in [0.15, 0.2) is 0 Å². The summed E-state index contributed by atoms with van der Waals surface area (Å²) in [5, 5.41) is 11.9. The number of esters is 1. The Bertz CT molecular complexity index is 442. The highest BCUT2D eigenvalue weighted by molar-refractivity contribution is 5.76. The fourth-order valence-electron chi connectivity index (χ4n) is 1.43. The van der Waals surface area contributed by atoms with Crippen LogP contribution in [0.2, 0.25) is 0 Å². The lowest BCUT2D eigenvalue weighted by atomic mass is 10.1. The number of aliphatic carboxylic acids is 1. The molecule has 2 N–H and O–H groups in total. The first-order valence-corrected chi connectivity index (χ1v) is 5.33. The topological polar surface area (TPSA) is 75.6 Å². The van der Waals surface area contributed by atoms with Crippen LogP contribution in [0, 0.1) is 0 Å². The van der Waals surface area contributed by atoms with Crippen LogP contribution in [0.4, 0.5) is 0 Å². The maximum atomic E-state index is 11.2. The third-order valence-corrected chi connectivity index (χ3v) is 2.31. The van der Waals surface area contributed by atoms with Gasteiger partial charge in [0.25, 0.3) is 0 Å². The number of methoxy groups -OCH3 is 1. The zero-order valence-electron chi connectivity index (χ0n) is 10.1. The molecular formula is C13H15NO4. The normalized spacial score (nSPS) is 11.4. The molecule has 0 aromatic heterocycles. The van der Waals surface area contributed by atoms with Crippen molar-refractivity contribution < 1.29 is 19.4 Å². The predicted octanol–water partition coefficient (Wildman–Crippen LogP) is 1.48. The summed E-state index contributed by atoms with van der Waals surface area (Å²) in [5.41, 5.74) is 0.897. The van der Waals surface area contributed by atoms with Crippen molar-refractivity contribution in [3.63, 3.8) is 0 Å².